The Bertz CT molecular complexity index is 1420. The van der Waals surface area contributed by atoms with Gasteiger partial charge in [-0.1, -0.05) is 0 Å². The number of aromatic nitrogens is 4. The molecule has 2 fully saturated rings. The van der Waals surface area contributed by atoms with Gasteiger partial charge in [0.25, 0.3) is 0 Å². The fraction of sp³-hybridized carbons (Fsp3) is 0.481. The summed E-state index contributed by atoms with van der Waals surface area (Å²) in [6.45, 7) is 4.87. The average Bonchev–Trinajstić information content (AvgIpc) is 3.26. The molecule has 3 aromatic heterocycles. The Kier molecular flexibility index (Phi) is 5.66. The zero-order chi connectivity index (χ0) is 26.8. The van der Waals surface area contributed by atoms with Crippen molar-refractivity contribution in [3.8, 4) is 17.1 Å². The number of alkyl halides is 2. The Balaban J connectivity index is 1.17. The maximum absolute atomic E-state index is 14.5. The van der Waals surface area contributed by atoms with Crippen LogP contribution in [0.5, 0.6) is 5.88 Å². The van der Waals surface area contributed by atoms with E-state index >= 15 is 0 Å². The van der Waals surface area contributed by atoms with Crippen LogP contribution in [-0.2, 0) is 17.3 Å². The fourth-order valence-electron chi connectivity index (χ4n) is 5.76. The van der Waals surface area contributed by atoms with Crippen LogP contribution >= 0.6 is 0 Å². The van der Waals surface area contributed by atoms with Gasteiger partial charge in [-0.3, -0.25) is 4.79 Å². The molecular weight excluding hydrogens is 497 g/mol. The smallest absolute Gasteiger partial charge is 0.306 e. The number of imidazole rings is 1. The van der Waals surface area contributed by atoms with Crippen molar-refractivity contribution in [3.63, 3.8) is 0 Å². The standard InChI is InChI=1S/C27H29F3N6O2/c1-15(18-10-23(38-3)31-11-19(18)28)24(37)36-13-21(26(14-36)6-7-26)34-22-5-4-17(16(2)32-22)20-12-35-9-8-27(29,30)25(35)33-20/h4-5,10-12,15,21H,6-9,13-14H2,1-3H3,(H,32,34)/t15?,21-/m1/s1. The zero-order valence-electron chi connectivity index (χ0n) is 21.5. The molecule has 1 unspecified atom stereocenters. The third-order valence-corrected chi connectivity index (χ3v) is 8.21. The van der Waals surface area contributed by atoms with Gasteiger partial charge in [0.15, 0.2) is 5.82 Å². The summed E-state index contributed by atoms with van der Waals surface area (Å²) in [4.78, 5) is 27.9. The molecule has 1 saturated heterocycles. The molecule has 1 aliphatic carbocycles. The maximum Gasteiger partial charge on any atom is 0.306 e. The van der Waals surface area contributed by atoms with Crippen molar-refractivity contribution in [3.05, 3.63) is 53.5 Å². The zero-order valence-corrected chi connectivity index (χ0v) is 21.5. The minimum atomic E-state index is -2.90. The second-order valence-corrected chi connectivity index (χ2v) is 10.7. The fourth-order valence-corrected chi connectivity index (χ4v) is 5.76. The van der Waals surface area contributed by atoms with E-state index in [2.05, 4.69) is 20.3 Å². The highest BCUT2D eigenvalue weighted by molar-refractivity contribution is 5.84. The van der Waals surface area contributed by atoms with Gasteiger partial charge in [-0.15, -0.1) is 0 Å². The first-order valence-corrected chi connectivity index (χ1v) is 12.8. The molecule has 1 amide bonds. The Hall–Kier alpha value is -3.63. The topological polar surface area (TPSA) is 85.2 Å². The van der Waals surface area contributed by atoms with Crippen LogP contribution in [0.15, 0.2) is 30.6 Å². The Morgan fingerprint density at radius 2 is 2.03 bits per heavy atom. The summed E-state index contributed by atoms with van der Waals surface area (Å²) in [6, 6.07) is 5.15. The number of nitrogens with one attached hydrogen (secondary N) is 1. The predicted octanol–water partition coefficient (Wildman–Crippen LogP) is 4.50. The molecule has 5 heterocycles. The van der Waals surface area contributed by atoms with Crippen molar-refractivity contribution in [1.82, 2.24) is 24.4 Å². The van der Waals surface area contributed by atoms with Crippen molar-refractivity contribution < 1.29 is 22.7 Å². The third-order valence-electron chi connectivity index (χ3n) is 8.21. The highest BCUT2D eigenvalue weighted by Crippen LogP contribution is 2.54. The van der Waals surface area contributed by atoms with E-state index in [0.717, 1.165) is 19.0 Å². The van der Waals surface area contributed by atoms with E-state index in [-0.39, 0.29) is 47.6 Å². The SMILES string of the molecule is COc1cc(C(C)C(=O)N2C[C@@H](Nc3ccc(-c4cn5c(n4)C(F)(F)CC5)c(C)n3)C3(CC3)C2)c(F)cn1. The number of aryl methyl sites for hydroxylation is 2. The first-order valence-electron chi connectivity index (χ1n) is 12.8. The van der Waals surface area contributed by atoms with Crippen molar-refractivity contribution in [2.75, 3.05) is 25.5 Å². The lowest BCUT2D eigenvalue weighted by molar-refractivity contribution is -0.131. The van der Waals surface area contributed by atoms with Crippen molar-refractivity contribution >= 4 is 11.7 Å². The average molecular weight is 527 g/mol. The van der Waals surface area contributed by atoms with Crippen LogP contribution in [-0.4, -0.2) is 56.6 Å². The van der Waals surface area contributed by atoms with Gasteiger partial charge >= 0.3 is 5.92 Å². The minimum Gasteiger partial charge on any atom is -0.481 e. The van der Waals surface area contributed by atoms with Crippen LogP contribution in [0, 0.1) is 18.2 Å². The molecular formula is C27H29F3N6O2. The summed E-state index contributed by atoms with van der Waals surface area (Å²) in [5.41, 5.74) is 2.11. The van der Waals surface area contributed by atoms with Crippen LogP contribution in [0.2, 0.25) is 0 Å². The normalized spacial score (nSPS) is 21.4. The third kappa shape index (κ3) is 4.08. The molecule has 1 saturated carbocycles. The first kappa shape index (κ1) is 24.7. The van der Waals surface area contributed by atoms with Crippen LogP contribution in [0.25, 0.3) is 11.3 Å². The monoisotopic (exact) mass is 526 g/mol. The molecule has 6 rings (SSSR count). The molecule has 0 aromatic carbocycles. The lowest BCUT2D eigenvalue weighted by atomic mass is 10.00. The number of fused-ring (bicyclic) bond motifs is 1. The summed E-state index contributed by atoms with van der Waals surface area (Å²) in [7, 11) is 1.45. The van der Waals surface area contributed by atoms with Crippen LogP contribution in [0.4, 0.5) is 19.0 Å². The number of rotatable bonds is 6. The van der Waals surface area contributed by atoms with Gasteiger partial charge in [-0.05, 0) is 38.8 Å². The molecule has 3 aromatic rings. The number of ether oxygens (including phenoxy) is 1. The summed E-state index contributed by atoms with van der Waals surface area (Å²) in [6.07, 6.45) is 4.50. The molecule has 8 nitrogen and oxygen atoms in total. The van der Waals surface area contributed by atoms with Gasteiger partial charge < -0.3 is 19.5 Å². The van der Waals surface area contributed by atoms with Crippen molar-refractivity contribution in [2.45, 2.75) is 57.5 Å². The molecule has 11 heteroatoms. The predicted molar refractivity (Wildman–Crippen MR) is 134 cm³/mol. The molecule has 3 aliphatic rings. The van der Waals surface area contributed by atoms with Gasteiger partial charge in [0.05, 0.1) is 31.0 Å². The van der Waals surface area contributed by atoms with E-state index in [9.17, 15) is 18.0 Å². The quantitative estimate of drug-likeness (QED) is 0.509. The maximum atomic E-state index is 14.5. The molecule has 2 atom stereocenters. The number of halogens is 3. The number of hydrogen-bond acceptors (Lipinski definition) is 6. The van der Waals surface area contributed by atoms with Crippen molar-refractivity contribution in [2.24, 2.45) is 5.41 Å². The lowest BCUT2D eigenvalue weighted by Gasteiger charge is -2.22. The Morgan fingerprint density at radius 1 is 1.24 bits per heavy atom. The molecule has 38 heavy (non-hydrogen) atoms. The second kappa shape index (κ2) is 8.71. The van der Waals surface area contributed by atoms with Gasteiger partial charge in [-0.2, -0.15) is 8.78 Å². The number of carbonyl (C=O) groups is 1. The van der Waals surface area contributed by atoms with E-state index in [1.165, 1.54) is 17.7 Å². The van der Waals surface area contributed by atoms with Gasteiger partial charge in [0.1, 0.15) is 11.6 Å². The molecule has 200 valence electrons. The number of methoxy groups -OCH3 is 1. The molecule has 1 spiro atoms. The first-order chi connectivity index (χ1) is 18.1. The number of amides is 1. The largest absolute Gasteiger partial charge is 0.481 e. The van der Waals surface area contributed by atoms with Gasteiger partial charge in [-0.25, -0.2) is 19.3 Å². The highest BCUT2D eigenvalue weighted by atomic mass is 19.3. The molecule has 0 bridgehead atoms. The van der Waals surface area contributed by atoms with E-state index in [0.29, 0.717) is 35.9 Å². The van der Waals surface area contributed by atoms with E-state index in [1.807, 2.05) is 19.1 Å². The van der Waals surface area contributed by atoms with Gasteiger partial charge in [0, 0.05) is 60.6 Å². The van der Waals surface area contributed by atoms with Crippen LogP contribution in [0.3, 0.4) is 0 Å². The second-order valence-electron chi connectivity index (χ2n) is 10.7. The lowest BCUT2D eigenvalue weighted by Crippen LogP contribution is -2.34. The van der Waals surface area contributed by atoms with E-state index in [4.69, 9.17) is 4.74 Å². The summed E-state index contributed by atoms with van der Waals surface area (Å²) in [5, 5.41) is 3.50. The van der Waals surface area contributed by atoms with Crippen molar-refractivity contribution in [1.29, 1.82) is 0 Å². The van der Waals surface area contributed by atoms with E-state index in [1.54, 1.807) is 18.0 Å². The summed E-state index contributed by atoms with van der Waals surface area (Å²) < 4.78 is 49.2. The summed E-state index contributed by atoms with van der Waals surface area (Å²) in [5.74, 6) is -3.53. The number of nitrogens with zero attached hydrogens (tertiary/aromatic N) is 5. The number of carbonyl (C=O) groups excluding carboxylic acids is 1. The number of likely N-dealkylation sites (tertiary alicyclic amines) is 1. The molecule has 2 aliphatic heterocycles. The number of anilines is 1. The number of pyridine rings is 2. The Morgan fingerprint density at radius 3 is 2.71 bits per heavy atom. The molecule has 0 radical (unpaired) electrons. The highest BCUT2D eigenvalue weighted by Gasteiger charge is 2.56. The van der Waals surface area contributed by atoms with Crippen LogP contribution in [0.1, 0.15) is 49.2 Å². The minimum absolute atomic E-state index is 0.00308. The van der Waals surface area contributed by atoms with E-state index < -0.39 is 17.7 Å². The molecule has 1 N–H and O–H groups in total. The Labute approximate surface area is 218 Å². The van der Waals surface area contributed by atoms with Crippen LogP contribution < -0.4 is 10.1 Å². The number of hydrogen-bond donors (Lipinski definition) is 1. The summed E-state index contributed by atoms with van der Waals surface area (Å²) >= 11 is 0. The van der Waals surface area contributed by atoms with Gasteiger partial charge in [0.2, 0.25) is 11.8 Å².